The largest absolute Gasteiger partial charge is 0.495 e. The van der Waals surface area contributed by atoms with E-state index in [1.165, 1.54) is 0 Å². The lowest BCUT2D eigenvalue weighted by atomic mass is 10.2. The van der Waals surface area contributed by atoms with Crippen LogP contribution in [0.4, 0.5) is 13.2 Å². The van der Waals surface area contributed by atoms with Crippen molar-refractivity contribution in [2.75, 3.05) is 7.11 Å². The number of rotatable bonds is 2. The number of pyridine rings is 1. The molecule has 0 radical (unpaired) electrons. The lowest BCUT2D eigenvalue weighted by Gasteiger charge is -2.08. The molecule has 0 amide bonds. The van der Waals surface area contributed by atoms with Gasteiger partial charge in [-0.05, 0) is 0 Å². The topological polar surface area (TPSA) is 22.1 Å². The summed E-state index contributed by atoms with van der Waals surface area (Å²) in [4.78, 5) is 3.32. The summed E-state index contributed by atoms with van der Waals surface area (Å²) in [5, 5.41) is -0.587. The van der Waals surface area contributed by atoms with E-state index in [9.17, 15) is 13.2 Å². The third-order valence-corrected chi connectivity index (χ3v) is 1.68. The smallest absolute Gasteiger partial charge is 0.270 e. The molecule has 0 spiro atoms. The van der Waals surface area contributed by atoms with Crippen molar-refractivity contribution < 1.29 is 17.9 Å². The van der Waals surface area contributed by atoms with Crippen molar-refractivity contribution in [1.29, 1.82) is 0 Å². The van der Waals surface area contributed by atoms with E-state index in [1.807, 2.05) is 0 Å². The van der Waals surface area contributed by atoms with Gasteiger partial charge in [-0.15, -0.1) is 0 Å². The van der Waals surface area contributed by atoms with Crippen LogP contribution in [0.5, 0.6) is 5.75 Å². The fraction of sp³-hybridized carbons (Fsp3) is 0.286. The van der Waals surface area contributed by atoms with Crippen LogP contribution in [0.2, 0.25) is 5.15 Å². The average molecular weight is 212 g/mol. The van der Waals surface area contributed by atoms with E-state index in [4.69, 9.17) is 11.6 Å². The molecule has 1 rings (SSSR count). The molecule has 0 unspecified atom stereocenters. The fourth-order valence-electron chi connectivity index (χ4n) is 0.827. The Kier molecular flexibility index (Phi) is 2.98. The molecule has 0 aromatic carbocycles. The van der Waals surface area contributed by atoms with Crippen LogP contribution < -0.4 is 4.74 Å². The van der Waals surface area contributed by atoms with Gasteiger partial charge < -0.3 is 4.74 Å². The Labute approximate surface area is 77.3 Å². The first-order valence-corrected chi connectivity index (χ1v) is 3.61. The minimum Gasteiger partial charge on any atom is -0.495 e. The van der Waals surface area contributed by atoms with Gasteiger partial charge in [0, 0.05) is 0 Å². The van der Waals surface area contributed by atoms with Gasteiger partial charge in [0.25, 0.3) is 6.43 Å². The van der Waals surface area contributed by atoms with Crippen molar-refractivity contribution in [1.82, 2.24) is 4.98 Å². The molecule has 0 aliphatic heterocycles. The second-order valence-corrected chi connectivity index (χ2v) is 2.50. The van der Waals surface area contributed by atoms with Crippen LogP contribution in [0.1, 0.15) is 12.0 Å². The lowest BCUT2D eigenvalue weighted by Crippen LogP contribution is -1.99. The first-order chi connectivity index (χ1) is 6.07. The number of methoxy groups -OCH3 is 1. The fourth-order valence-corrected chi connectivity index (χ4v) is 0.977. The standard InChI is InChI=1S/C7H5ClF3NO/c1-13-3-2-12-6(8)5(9)4(3)7(10)11/h2,7H,1H3. The Morgan fingerprint density at radius 1 is 1.54 bits per heavy atom. The molecule has 1 aromatic heterocycles. The van der Waals surface area contributed by atoms with Gasteiger partial charge in [-0.25, -0.2) is 18.2 Å². The minimum absolute atomic E-state index is 0.308. The lowest BCUT2D eigenvalue weighted by molar-refractivity contribution is 0.141. The van der Waals surface area contributed by atoms with E-state index in [-0.39, 0.29) is 5.75 Å². The van der Waals surface area contributed by atoms with E-state index in [0.717, 1.165) is 13.3 Å². The Balaban J connectivity index is 3.32. The molecule has 0 atom stereocenters. The zero-order valence-electron chi connectivity index (χ0n) is 6.52. The maximum Gasteiger partial charge on any atom is 0.270 e. The predicted octanol–water partition coefficient (Wildman–Crippen LogP) is 2.82. The van der Waals surface area contributed by atoms with Crippen LogP contribution in [0.15, 0.2) is 6.20 Å². The van der Waals surface area contributed by atoms with Gasteiger partial charge in [0.15, 0.2) is 11.0 Å². The zero-order chi connectivity index (χ0) is 10.0. The molecule has 0 bridgehead atoms. The Bertz CT molecular complexity index is 319. The average Bonchev–Trinajstić information content (AvgIpc) is 2.08. The van der Waals surface area contributed by atoms with Gasteiger partial charge in [0.1, 0.15) is 11.3 Å². The molecule has 2 nitrogen and oxygen atoms in total. The van der Waals surface area contributed by atoms with Gasteiger partial charge in [-0.1, -0.05) is 11.6 Å². The highest BCUT2D eigenvalue weighted by Gasteiger charge is 2.22. The molecular formula is C7H5ClF3NO. The van der Waals surface area contributed by atoms with Crippen LogP contribution in [0.3, 0.4) is 0 Å². The van der Waals surface area contributed by atoms with Crippen LogP contribution in [0, 0.1) is 5.82 Å². The summed E-state index contributed by atoms with van der Waals surface area (Å²) in [6.07, 6.45) is -2.03. The van der Waals surface area contributed by atoms with Gasteiger partial charge >= 0.3 is 0 Å². The monoisotopic (exact) mass is 211 g/mol. The normalized spacial score (nSPS) is 10.6. The molecule has 0 aliphatic carbocycles. The molecule has 0 saturated heterocycles. The van der Waals surface area contributed by atoms with Crippen LogP contribution >= 0.6 is 11.6 Å². The SMILES string of the molecule is COc1cnc(Cl)c(F)c1C(F)F. The summed E-state index contributed by atoms with van der Waals surface area (Å²) in [7, 11) is 1.15. The van der Waals surface area contributed by atoms with Crippen LogP contribution in [0.25, 0.3) is 0 Å². The quantitative estimate of drug-likeness (QED) is 0.702. The van der Waals surface area contributed by atoms with Gasteiger partial charge in [0.05, 0.1) is 13.3 Å². The summed E-state index contributed by atoms with van der Waals surface area (Å²) in [5.74, 6) is -1.55. The Morgan fingerprint density at radius 2 is 2.15 bits per heavy atom. The highest BCUT2D eigenvalue weighted by atomic mass is 35.5. The first kappa shape index (κ1) is 10.1. The van der Waals surface area contributed by atoms with E-state index in [1.54, 1.807) is 0 Å². The van der Waals surface area contributed by atoms with E-state index < -0.39 is 23.0 Å². The number of nitrogens with zero attached hydrogens (tertiary/aromatic N) is 1. The minimum atomic E-state index is -2.98. The molecule has 6 heteroatoms. The predicted molar refractivity (Wildman–Crippen MR) is 40.7 cm³/mol. The van der Waals surface area contributed by atoms with E-state index in [2.05, 4.69) is 9.72 Å². The number of hydrogen-bond acceptors (Lipinski definition) is 2. The van der Waals surface area contributed by atoms with Crippen molar-refractivity contribution in [2.24, 2.45) is 0 Å². The summed E-state index contributed by atoms with van der Waals surface area (Å²) >= 11 is 5.21. The third kappa shape index (κ3) is 1.85. The Morgan fingerprint density at radius 3 is 2.62 bits per heavy atom. The maximum absolute atomic E-state index is 12.9. The molecule has 0 fully saturated rings. The molecule has 1 aromatic rings. The molecule has 13 heavy (non-hydrogen) atoms. The number of ether oxygens (including phenoxy) is 1. The number of hydrogen-bond donors (Lipinski definition) is 0. The van der Waals surface area contributed by atoms with Crippen molar-refractivity contribution >= 4 is 11.6 Å². The zero-order valence-corrected chi connectivity index (χ0v) is 7.28. The Hall–Kier alpha value is -0.970. The number of aromatic nitrogens is 1. The summed E-state index contributed by atoms with van der Waals surface area (Å²) in [6.45, 7) is 0. The molecular weight excluding hydrogens is 207 g/mol. The van der Waals surface area contributed by atoms with Gasteiger partial charge in [-0.2, -0.15) is 0 Å². The number of alkyl halides is 2. The van der Waals surface area contributed by atoms with Crippen LogP contribution in [-0.4, -0.2) is 12.1 Å². The van der Waals surface area contributed by atoms with Gasteiger partial charge in [0.2, 0.25) is 0 Å². The van der Waals surface area contributed by atoms with Crippen LogP contribution in [-0.2, 0) is 0 Å². The third-order valence-electron chi connectivity index (χ3n) is 1.42. The van der Waals surface area contributed by atoms with Crippen molar-refractivity contribution in [2.45, 2.75) is 6.43 Å². The number of halogens is 4. The first-order valence-electron chi connectivity index (χ1n) is 3.24. The summed E-state index contributed by atoms with van der Waals surface area (Å²) < 4.78 is 41.9. The summed E-state index contributed by atoms with van der Waals surface area (Å²) in [5.41, 5.74) is -0.859. The van der Waals surface area contributed by atoms with Gasteiger partial charge in [-0.3, -0.25) is 0 Å². The second-order valence-electron chi connectivity index (χ2n) is 2.15. The highest BCUT2D eigenvalue weighted by Crippen LogP contribution is 2.33. The molecule has 0 N–H and O–H groups in total. The van der Waals surface area contributed by atoms with Crippen molar-refractivity contribution in [3.8, 4) is 5.75 Å². The summed E-state index contributed by atoms with van der Waals surface area (Å²) in [6, 6.07) is 0. The molecule has 72 valence electrons. The molecule has 1 heterocycles. The highest BCUT2D eigenvalue weighted by molar-refractivity contribution is 6.29. The van der Waals surface area contributed by atoms with Crippen molar-refractivity contribution in [3.05, 3.63) is 22.7 Å². The van der Waals surface area contributed by atoms with E-state index in [0.29, 0.717) is 0 Å². The van der Waals surface area contributed by atoms with Crippen molar-refractivity contribution in [3.63, 3.8) is 0 Å². The molecule has 0 saturated carbocycles. The van der Waals surface area contributed by atoms with E-state index >= 15 is 0 Å². The maximum atomic E-state index is 12.9. The molecule has 0 aliphatic rings. The second kappa shape index (κ2) is 3.83.